The molecular formula is C41H32N4. The largest absolute Gasteiger partial charge is 0.399 e. The molecule has 4 nitrogen and oxygen atoms in total. The Balaban J connectivity index is 1.41. The van der Waals surface area contributed by atoms with Crippen molar-refractivity contribution in [1.82, 2.24) is 9.97 Å². The lowest BCUT2D eigenvalue weighted by molar-refractivity contribution is 1.21. The second-order valence-electron chi connectivity index (χ2n) is 11.0. The van der Waals surface area contributed by atoms with Gasteiger partial charge in [-0.25, -0.2) is 9.97 Å². The van der Waals surface area contributed by atoms with Crippen molar-refractivity contribution in [3.63, 3.8) is 0 Å². The van der Waals surface area contributed by atoms with Gasteiger partial charge in [0.15, 0.2) is 0 Å². The fourth-order valence-corrected chi connectivity index (χ4v) is 5.65. The summed E-state index contributed by atoms with van der Waals surface area (Å²) in [6, 6.07) is 54.1. The number of nitrogens with two attached hydrogens (primary N) is 1. The van der Waals surface area contributed by atoms with Crippen molar-refractivity contribution in [2.24, 2.45) is 0 Å². The summed E-state index contributed by atoms with van der Waals surface area (Å²) >= 11 is 0. The van der Waals surface area contributed by atoms with Crippen LogP contribution in [0.2, 0.25) is 0 Å². The zero-order valence-electron chi connectivity index (χ0n) is 25.0. The van der Waals surface area contributed by atoms with Crippen LogP contribution in [0, 0.1) is 0 Å². The number of nitrogen functional groups attached to an aromatic ring is 1. The third-order valence-electron chi connectivity index (χ3n) is 8.01. The maximum absolute atomic E-state index is 6.08. The second-order valence-corrected chi connectivity index (χ2v) is 11.0. The Morgan fingerprint density at radius 2 is 0.756 bits per heavy atom. The van der Waals surface area contributed by atoms with Crippen LogP contribution in [0.1, 0.15) is 0 Å². The number of nitrogens with zero attached hydrogens (tertiary/aromatic N) is 2. The van der Waals surface area contributed by atoms with Crippen molar-refractivity contribution in [2.45, 2.75) is 0 Å². The zero-order chi connectivity index (χ0) is 30.6. The average molecular weight is 581 g/mol. The Morgan fingerprint density at radius 3 is 1.20 bits per heavy atom. The van der Waals surface area contributed by atoms with Crippen molar-refractivity contribution in [3.8, 4) is 67.3 Å². The van der Waals surface area contributed by atoms with Crippen LogP contribution in [-0.2, 0) is 0 Å². The van der Waals surface area contributed by atoms with Crippen LogP contribution in [0.25, 0.3) is 67.3 Å². The molecule has 1 heterocycles. The molecule has 0 saturated carbocycles. The van der Waals surface area contributed by atoms with Crippen molar-refractivity contribution in [1.29, 1.82) is 0 Å². The van der Waals surface area contributed by atoms with Crippen LogP contribution in [-0.4, -0.2) is 17.0 Å². The van der Waals surface area contributed by atoms with Gasteiger partial charge in [0.1, 0.15) is 0 Å². The van der Waals surface area contributed by atoms with Crippen molar-refractivity contribution >= 4 is 11.4 Å². The number of anilines is 2. The molecule has 0 aliphatic carbocycles. The molecule has 0 aliphatic heterocycles. The molecule has 216 valence electrons. The number of aromatic nitrogens is 2. The number of benzene rings is 6. The first kappa shape index (κ1) is 27.8. The number of hydrogen-bond donors (Lipinski definition) is 2. The van der Waals surface area contributed by atoms with E-state index in [0.29, 0.717) is 0 Å². The molecule has 0 amide bonds. The Hall–Kier alpha value is -6.00. The predicted molar refractivity (Wildman–Crippen MR) is 189 cm³/mol. The van der Waals surface area contributed by atoms with E-state index in [2.05, 4.69) is 108 Å². The average Bonchev–Trinajstić information content (AvgIpc) is 3.12. The molecular weight excluding hydrogens is 548 g/mol. The Kier molecular flexibility index (Phi) is 7.61. The predicted octanol–water partition coefficient (Wildman–Crippen LogP) is 10.1. The van der Waals surface area contributed by atoms with E-state index in [1.165, 1.54) is 0 Å². The Labute approximate surface area is 263 Å². The molecule has 0 radical (unpaired) electrons. The Morgan fingerprint density at radius 1 is 0.378 bits per heavy atom. The summed E-state index contributed by atoms with van der Waals surface area (Å²) in [7, 11) is 1.94. The van der Waals surface area contributed by atoms with Crippen molar-refractivity contribution in [3.05, 3.63) is 158 Å². The summed E-state index contributed by atoms with van der Waals surface area (Å²) in [5, 5.41) is 3.23. The van der Waals surface area contributed by atoms with Crippen molar-refractivity contribution in [2.75, 3.05) is 18.1 Å². The first-order valence-electron chi connectivity index (χ1n) is 15.0. The normalized spacial score (nSPS) is 10.9. The molecule has 7 rings (SSSR count). The van der Waals surface area contributed by atoms with Gasteiger partial charge < -0.3 is 11.1 Å². The summed E-state index contributed by atoms with van der Waals surface area (Å²) in [5.41, 5.74) is 19.8. The maximum atomic E-state index is 6.08. The van der Waals surface area contributed by atoms with Crippen LogP contribution in [0.5, 0.6) is 0 Å². The summed E-state index contributed by atoms with van der Waals surface area (Å²) in [6.45, 7) is 0. The SMILES string of the molecule is CNc1cccc(-c2ccc(-c3nc(-c4ccccc4)c(-c4ccccc4)nc3-c3ccc(-c4cccc(N)c4)cc3)cc2)c1. The smallest absolute Gasteiger partial charge is 0.0973 e. The van der Waals surface area contributed by atoms with Gasteiger partial charge in [-0.05, 0) is 46.5 Å². The monoisotopic (exact) mass is 580 g/mol. The van der Waals surface area contributed by atoms with Gasteiger partial charge in [-0.15, -0.1) is 0 Å². The molecule has 0 bridgehead atoms. The highest BCUT2D eigenvalue weighted by atomic mass is 14.9. The molecule has 1 aromatic heterocycles. The standard InChI is InChI=1S/C41H32N4/c1-43-37-17-9-15-35(27-37)29-20-24-33(25-21-29)41-40(32-22-18-28(19-23-32)34-14-8-16-36(42)26-34)44-38(30-10-4-2-5-11-30)39(45-41)31-12-6-3-7-13-31/h2-27,43H,42H2,1H3. The van der Waals surface area contributed by atoms with E-state index < -0.39 is 0 Å². The van der Waals surface area contributed by atoms with E-state index in [1.54, 1.807) is 0 Å². The van der Waals surface area contributed by atoms with Crippen LogP contribution < -0.4 is 11.1 Å². The molecule has 3 N–H and O–H groups in total. The molecule has 6 aromatic carbocycles. The third kappa shape index (κ3) is 5.82. The first-order valence-corrected chi connectivity index (χ1v) is 15.0. The minimum Gasteiger partial charge on any atom is -0.399 e. The topological polar surface area (TPSA) is 63.8 Å². The quantitative estimate of drug-likeness (QED) is 0.184. The zero-order valence-corrected chi connectivity index (χ0v) is 25.0. The van der Waals surface area contributed by atoms with Gasteiger partial charge in [-0.1, -0.05) is 133 Å². The van der Waals surface area contributed by atoms with E-state index in [1.807, 2.05) is 61.6 Å². The second kappa shape index (κ2) is 12.3. The summed E-state index contributed by atoms with van der Waals surface area (Å²) in [6.07, 6.45) is 0. The van der Waals surface area contributed by atoms with Crippen LogP contribution in [0.15, 0.2) is 158 Å². The summed E-state index contributed by atoms with van der Waals surface area (Å²) in [5.74, 6) is 0. The van der Waals surface area contributed by atoms with E-state index in [0.717, 1.165) is 78.7 Å². The van der Waals surface area contributed by atoms with E-state index >= 15 is 0 Å². The minimum atomic E-state index is 0.745. The van der Waals surface area contributed by atoms with Gasteiger partial charge >= 0.3 is 0 Å². The molecule has 0 aliphatic rings. The van der Waals surface area contributed by atoms with Gasteiger partial charge in [-0.3, -0.25) is 0 Å². The van der Waals surface area contributed by atoms with Crippen LogP contribution >= 0.6 is 0 Å². The molecule has 0 spiro atoms. The fraction of sp³-hybridized carbons (Fsp3) is 0.0244. The number of hydrogen-bond acceptors (Lipinski definition) is 4. The van der Waals surface area contributed by atoms with Gasteiger partial charge in [0, 0.05) is 40.7 Å². The van der Waals surface area contributed by atoms with Gasteiger partial charge in [0.25, 0.3) is 0 Å². The maximum Gasteiger partial charge on any atom is 0.0973 e. The number of rotatable bonds is 7. The molecule has 0 fully saturated rings. The van der Waals surface area contributed by atoms with Gasteiger partial charge in [-0.2, -0.15) is 0 Å². The summed E-state index contributed by atoms with van der Waals surface area (Å²) in [4.78, 5) is 10.8. The van der Waals surface area contributed by atoms with Crippen LogP contribution in [0.4, 0.5) is 11.4 Å². The highest BCUT2D eigenvalue weighted by Crippen LogP contribution is 2.38. The molecule has 0 unspecified atom stereocenters. The van der Waals surface area contributed by atoms with E-state index in [9.17, 15) is 0 Å². The fourth-order valence-electron chi connectivity index (χ4n) is 5.65. The lowest BCUT2D eigenvalue weighted by atomic mass is 9.96. The highest BCUT2D eigenvalue weighted by molar-refractivity contribution is 5.87. The van der Waals surface area contributed by atoms with Crippen LogP contribution in [0.3, 0.4) is 0 Å². The van der Waals surface area contributed by atoms with Crippen molar-refractivity contribution < 1.29 is 0 Å². The third-order valence-corrected chi connectivity index (χ3v) is 8.01. The highest BCUT2D eigenvalue weighted by Gasteiger charge is 2.19. The van der Waals surface area contributed by atoms with Gasteiger partial charge in [0.05, 0.1) is 22.8 Å². The molecule has 45 heavy (non-hydrogen) atoms. The molecule has 0 saturated heterocycles. The van der Waals surface area contributed by atoms with Gasteiger partial charge in [0.2, 0.25) is 0 Å². The Bertz CT molecular complexity index is 2070. The molecule has 0 atom stereocenters. The first-order chi connectivity index (χ1) is 22.2. The summed E-state index contributed by atoms with van der Waals surface area (Å²) < 4.78 is 0. The molecule has 4 heteroatoms. The number of nitrogens with one attached hydrogen (secondary N) is 1. The lowest BCUT2D eigenvalue weighted by Crippen LogP contribution is -2.01. The van der Waals surface area contributed by atoms with E-state index in [-0.39, 0.29) is 0 Å². The minimum absolute atomic E-state index is 0.745. The lowest BCUT2D eigenvalue weighted by Gasteiger charge is -2.16. The van der Waals surface area contributed by atoms with E-state index in [4.69, 9.17) is 15.7 Å². The molecule has 7 aromatic rings.